The van der Waals surface area contributed by atoms with Crippen LogP contribution in [0.2, 0.25) is 0 Å². The second kappa shape index (κ2) is 5.14. The Bertz CT molecular complexity index is 490. The molecule has 0 aromatic carbocycles. The van der Waals surface area contributed by atoms with Crippen molar-refractivity contribution in [3.05, 3.63) is 40.2 Å². The zero-order chi connectivity index (χ0) is 12.3. The molecule has 0 aliphatic heterocycles. The lowest BCUT2D eigenvalue weighted by Gasteiger charge is -2.11. The van der Waals surface area contributed by atoms with Crippen LogP contribution in [0.4, 0.5) is 0 Å². The van der Waals surface area contributed by atoms with Gasteiger partial charge >= 0.3 is 0 Å². The first kappa shape index (κ1) is 11.9. The summed E-state index contributed by atoms with van der Waals surface area (Å²) >= 11 is 1.36. The molecule has 1 amide bonds. The molecule has 2 heterocycles. The maximum absolute atomic E-state index is 11.9. The number of aromatic nitrogens is 1. The lowest BCUT2D eigenvalue weighted by molar-refractivity contribution is 0.0942. The minimum absolute atomic E-state index is 0.0372. The smallest absolute Gasteiger partial charge is 0.263 e. The van der Waals surface area contributed by atoms with Crippen molar-refractivity contribution < 1.29 is 9.21 Å². The van der Waals surface area contributed by atoms with Gasteiger partial charge in [-0.25, -0.2) is 4.98 Å². The molecule has 2 aromatic heterocycles. The molecular formula is C12H14N2O2S. The Labute approximate surface area is 104 Å². The van der Waals surface area contributed by atoms with Gasteiger partial charge in [0.25, 0.3) is 5.91 Å². The van der Waals surface area contributed by atoms with Crippen LogP contribution in [0.5, 0.6) is 0 Å². The van der Waals surface area contributed by atoms with Gasteiger partial charge in [-0.2, -0.15) is 0 Å². The van der Waals surface area contributed by atoms with E-state index in [1.807, 2.05) is 26.0 Å². The highest BCUT2D eigenvalue weighted by atomic mass is 32.1. The Kier molecular flexibility index (Phi) is 3.58. The van der Waals surface area contributed by atoms with Gasteiger partial charge in [0, 0.05) is 12.5 Å². The molecule has 0 aliphatic carbocycles. The van der Waals surface area contributed by atoms with Crippen LogP contribution in [0.1, 0.15) is 28.0 Å². The molecule has 0 saturated carbocycles. The first-order valence-electron chi connectivity index (χ1n) is 5.40. The maximum atomic E-state index is 11.9. The fraction of sp³-hybridized carbons (Fsp3) is 0.333. The number of hydrogen-bond donors (Lipinski definition) is 1. The van der Waals surface area contributed by atoms with E-state index in [4.69, 9.17) is 4.42 Å². The van der Waals surface area contributed by atoms with Crippen molar-refractivity contribution in [1.29, 1.82) is 0 Å². The molecule has 0 saturated heterocycles. The van der Waals surface area contributed by atoms with E-state index in [9.17, 15) is 4.79 Å². The van der Waals surface area contributed by atoms with Crippen LogP contribution in [0.25, 0.3) is 0 Å². The first-order valence-corrected chi connectivity index (χ1v) is 6.28. The third-order valence-corrected chi connectivity index (χ3v) is 3.34. The highest BCUT2D eigenvalue weighted by Crippen LogP contribution is 2.12. The molecule has 90 valence electrons. The van der Waals surface area contributed by atoms with Gasteiger partial charge in [0.15, 0.2) is 0 Å². The topological polar surface area (TPSA) is 55.1 Å². The van der Waals surface area contributed by atoms with Crippen LogP contribution in [0.15, 0.2) is 28.3 Å². The number of nitrogens with zero attached hydrogens (tertiary/aromatic N) is 1. The number of amides is 1. The fourth-order valence-electron chi connectivity index (χ4n) is 1.59. The number of rotatable bonds is 4. The van der Waals surface area contributed by atoms with Crippen LogP contribution < -0.4 is 5.32 Å². The summed E-state index contributed by atoms with van der Waals surface area (Å²) in [4.78, 5) is 16.6. The van der Waals surface area contributed by atoms with Gasteiger partial charge in [0.2, 0.25) is 0 Å². The van der Waals surface area contributed by atoms with E-state index in [0.29, 0.717) is 11.3 Å². The largest absolute Gasteiger partial charge is 0.469 e. The average molecular weight is 250 g/mol. The SMILES string of the molecule is Cc1ncsc1C(=O)N[C@H](C)Cc1ccco1. The molecule has 0 radical (unpaired) electrons. The van der Waals surface area contributed by atoms with Crippen LogP contribution >= 0.6 is 11.3 Å². The molecular weight excluding hydrogens is 236 g/mol. The van der Waals surface area contributed by atoms with Gasteiger partial charge in [-0.05, 0) is 26.0 Å². The minimum atomic E-state index is -0.0657. The highest BCUT2D eigenvalue weighted by molar-refractivity contribution is 7.11. The summed E-state index contributed by atoms with van der Waals surface area (Å²) in [6.07, 6.45) is 2.33. The molecule has 1 N–H and O–H groups in total. The summed E-state index contributed by atoms with van der Waals surface area (Å²) in [5, 5.41) is 2.93. The molecule has 0 spiro atoms. The van der Waals surface area contributed by atoms with Crippen molar-refractivity contribution in [3.8, 4) is 0 Å². The number of aryl methyl sites for hydroxylation is 1. The zero-order valence-corrected chi connectivity index (χ0v) is 10.6. The van der Waals surface area contributed by atoms with Crippen LogP contribution in [-0.2, 0) is 6.42 Å². The first-order chi connectivity index (χ1) is 8.16. The van der Waals surface area contributed by atoms with Crippen LogP contribution in [-0.4, -0.2) is 16.9 Å². The van der Waals surface area contributed by atoms with E-state index in [0.717, 1.165) is 11.5 Å². The number of hydrogen-bond acceptors (Lipinski definition) is 4. The van der Waals surface area contributed by atoms with Gasteiger partial charge in [0.05, 0.1) is 17.5 Å². The molecule has 0 bridgehead atoms. The van der Waals surface area contributed by atoms with Crippen molar-refractivity contribution in [2.24, 2.45) is 0 Å². The third kappa shape index (κ3) is 2.94. The van der Waals surface area contributed by atoms with Crippen molar-refractivity contribution in [2.45, 2.75) is 26.3 Å². The zero-order valence-electron chi connectivity index (χ0n) is 9.77. The van der Waals surface area contributed by atoms with E-state index in [1.165, 1.54) is 11.3 Å². The second-order valence-corrected chi connectivity index (χ2v) is 4.78. The van der Waals surface area contributed by atoms with E-state index in [1.54, 1.807) is 11.8 Å². The van der Waals surface area contributed by atoms with Gasteiger partial charge in [-0.3, -0.25) is 4.79 Å². The van der Waals surface area contributed by atoms with E-state index in [2.05, 4.69) is 10.3 Å². The molecule has 5 heteroatoms. The predicted molar refractivity (Wildman–Crippen MR) is 66.2 cm³/mol. The Hall–Kier alpha value is -1.62. The summed E-state index contributed by atoms with van der Waals surface area (Å²) in [5.74, 6) is 0.808. The normalized spacial score (nSPS) is 12.4. The molecule has 0 aliphatic rings. The Balaban J connectivity index is 1.93. The number of carbonyl (C=O) groups is 1. The van der Waals surface area contributed by atoms with Gasteiger partial charge in [-0.1, -0.05) is 0 Å². The van der Waals surface area contributed by atoms with Gasteiger partial charge in [-0.15, -0.1) is 11.3 Å². The quantitative estimate of drug-likeness (QED) is 0.906. The van der Waals surface area contributed by atoms with Crippen LogP contribution in [0.3, 0.4) is 0 Å². The number of thiazole rings is 1. The van der Waals surface area contributed by atoms with Gasteiger partial charge in [0.1, 0.15) is 10.6 Å². The number of furan rings is 1. The summed E-state index contributed by atoms with van der Waals surface area (Å²) in [5.41, 5.74) is 2.46. The molecule has 0 fully saturated rings. The molecule has 2 rings (SSSR count). The Morgan fingerprint density at radius 2 is 2.47 bits per heavy atom. The van der Waals surface area contributed by atoms with E-state index >= 15 is 0 Å². The highest BCUT2D eigenvalue weighted by Gasteiger charge is 2.14. The van der Waals surface area contributed by atoms with Crippen molar-refractivity contribution in [3.63, 3.8) is 0 Å². The number of nitrogens with one attached hydrogen (secondary N) is 1. The summed E-state index contributed by atoms with van der Waals surface area (Å²) < 4.78 is 5.24. The molecule has 4 nitrogen and oxygen atoms in total. The summed E-state index contributed by atoms with van der Waals surface area (Å²) in [6.45, 7) is 3.79. The molecule has 17 heavy (non-hydrogen) atoms. The second-order valence-electron chi connectivity index (χ2n) is 3.92. The lowest BCUT2D eigenvalue weighted by Crippen LogP contribution is -2.33. The summed E-state index contributed by atoms with van der Waals surface area (Å²) in [7, 11) is 0. The van der Waals surface area contributed by atoms with Crippen molar-refractivity contribution >= 4 is 17.2 Å². The van der Waals surface area contributed by atoms with Gasteiger partial charge < -0.3 is 9.73 Å². The van der Waals surface area contributed by atoms with E-state index < -0.39 is 0 Å². The Morgan fingerprint density at radius 3 is 3.06 bits per heavy atom. The van der Waals surface area contributed by atoms with Crippen molar-refractivity contribution in [2.75, 3.05) is 0 Å². The lowest BCUT2D eigenvalue weighted by atomic mass is 10.2. The third-order valence-electron chi connectivity index (χ3n) is 2.42. The maximum Gasteiger partial charge on any atom is 0.263 e. The van der Waals surface area contributed by atoms with Crippen LogP contribution in [0, 0.1) is 6.92 Å². The Morgan fingerprint density at radius 1 is 1.65 bits per heavy atom. The molecule has 2 aromatic rings. The summed E-state index contributed by atoms with van der Waals surface area (Å²) in [6, 6.07) is 3.79. The van der Waals surface area contributed by atoms with Crippen molar-refractivity contribution in [1.82, 2.24) is 10.3 Å². The standard InChI is InChI=1S/C12H14N2O2S/c1-8(6-10-4-3-5-16-10)14-12(15)11-9(2)13-7-17-11/h3-5,7-8H,6H2,1-2H3,(H,14,15)/t8-/m1/s1. The monoisotopic (exact) mass is 250 g/mol. The minimum Gasteiger partial charge on any atom is -0.469 e. The average Bonchev–Trinajstić information content (AvgIpc) is 2.88. The molecule has 0 unspecified atom stereocenters. The van der Waals surface area contributed by atoms with E-state index in [-0.39, 0.29) is 11.9 Å². The fourth-order valence-corrected chi connectivity index (χ4v) is 2.30. The number of carbonyl (C=O) groups excluding carboxylic acids is 1. The predicted octanol–water partition coefficient (Wildman–Crippen LogP) is 2.41. The molecule has 1 atom stereocenters.